The maximum Gasteiger partial charge on any atom is 0.436 e. The number of nitrogens with zero attached hydrogens (tertiary/aromatic N) is 3. The number of hydrogen-bond acceptors (Lipinski definition) is 9. The molecule has 194 valence electrons. The Labute approximate surface area is 207 Å². The van der Waals surface area contributed by atoms with Gasteiger partial charge in [-0.05, 0) is 18.2 Å². The van der Waals surface area contributed by atoms with Gasteiger partial charge in [0, 0.05) is 31.0 Å². The summed E-state index contributed by atoms with van der Waals surface area (Å²) >= 11 is 0. The number of ether oxygens (including phenoxy) is 4. The van der Waals surface area contributed by atoms with Crippen LogP contribution < -0.4 is 24.8 Å². The smallest absolute Gasteiger partial charge is 0.436 e. The number of amides is 2. The number of benzene rings is 2. The number of rotatable bonds is 9. The average Bonchev–Trinajstić information content (AvgIpc) is 3.33. The molecule has 2 aromatic carbocycles. The third kappa shape index (κ3) is 6.35. The summed E-state index contributed by atoms with van der Waals surface area (Å²) in [5, 5.41) is 8.03. The highest BCUT2D eigenvalue weighted by Crippen LogP contribution is 2.36. The minimum absolute atomic E-state index is 0.217. The molecule has 0 aliphatic heterocycles. The second kappa shape index (κ2) is 11.0. The number of fused-ring (bicyclic) bond motifs is 1. The van der Waals surface area contributed by atoms with E-state index in [1.807, 2.05) is 0 Å². The molecule has 0 aliphatic rings. The number of hydrogen-bond donors (Lipinski definition) is 2. The van der Waals surface area contributed by atoms with Gasteiger partial charge in [-0.3, -0.25) is 5.32 Å². The maximum absolute atomic E-state index is 12.6. The molecule has 0 atom stereocenters. The molecule has 11 nitrogen and oxygen atoms in total. The van der Waals surface area contributed by atoms with Crippen LogP contribution in [0.25, 0.3) is 10.9 Å². The summed E-state index contributed by atoms with van der Waals surface area (Å²) < 4.78 is 64.4. The SMILES string of the molecule is COCCOc1cc2ncnc(Oc3cccc(NC(=O)Nc4cc(C(F)(F)F)no4)c3)c2cc1OC. The molecule has 2 aromatic heterocycles. The lowest BCUT2D eigenvalue weighted by atomic mass is 10.2. The standard InChI is InChI=1S/C23H20F3N5O6/c1-33-6-7-35-18-10-16-15(9-17(18)34-2)21(28-12-27-16)36-14-5-3-4-13(8-14)29-22(32)30-20-11-19(31-37-20)23(24,25)26/h3-5,8-12H,6-7H2,1-2H3,(H2,29,30,32). The van der Waals surface area contributed by atoms with E-state index in [-0.39, 0.29) is 11.6 Å². The second-order valence-corrected chi connectivity index (χ2v) is 7.32. The first-order valence-electron chi connectivity index (χ1n) is 10.6. The first-order valence-corrected chi connectivity index (χ1v) is 10.6. The molecule has 2 N–H and O–H groups in total. The van der Waals surface area contributed by atoms with Gasteiger partial charge in [-0.25, -0.2) is 14.8 Å². The van der Waals surface area contributed by atoms with Gasteiger partial charge in [0.1, 0.15) is 18.7 Å². The molecule has 0 aliphatic carbocycles. The van der Waals surface area contributed by atoms with Crippen molar-refractivity contribution in [2.24, 2.45) is 0 Å². The number of nitrogens with one attached hydrogen (secondary N) is 2. The second-order valence-electron chi connectivity index (χ2n) is 7.32. The van der Waals surface area contributed by atoms with Crippen molar-refractivity contribution in [3.05, 3.63) is 54.5 Å². The van der Waals surface area contributed by atoms with Crippen molar-refractivity contribution in [2.45, 2.75) is 6.18 Å². The van der Waals surface area contributed by atoms with Crippen LogP contribution in [0.2, 0.25) is 0 Å². The maximum atomic E-state index is 12.6. The fourth-order valence-electron chi connectivity index (χ4n) is 3.12. The lowest BCUT2D eigenvalue weighted by Crippen LogP contribution is -2.19. The molecule has 4 aromatic rings. The van der Waals surface area contributed by atoms with Gasteiger partial charge in [0.25, 0.3) is 0 Å². The van der Waals surface area contributed by atoms with Gasteiger partial charge >= 0.3 is 12.2 Å². The van der Waals surface area contributed by atoms with Crippen molar-refractivity contribution >= 4 is 28.5 Å². The predicted octanol–water partition coefficient (Wildman–Crippen LogP) is 5.11. The van der Waals surface area contributed by atoms with Crippen molar-refractivity contribution < 1.29 is 41.4 Å². The van der Waals surface area contributed by atoms with E-state index in [0.717, 1.165) is 0 Å². The van der Waals surface area contributed by atoms with Gasteiger partial charge in [0.05, 0.1) is 24.6 Å². The topological polar surface area (TPSA) is 130 Å². The van der Waals surface area contributed by atoms with Crippen LogP contribution in [0.15, 0.2) is 53.3 Å². The predicted molar refractivity (Wildman–Crippen MR) is 124 cm³/mol. The quantitative estimate of drug-likeness (QED) is 0.290. The Morgan fingerprint density at radius 1 is 1.03 bits per heavy atom. The number of alkyl halides is 3. The van der Waals surface area contributed by atoms with Gasteiger partial charge in [-0.15, -0.1) is 0 Å². The molecule has 0 radical (unpaired) electrons. The molecule has 37 heavy (non-hydrogen) atoms. The first-order chi connectivity index (χ1) is 17.8. The minimum Gasteiger partial charge on any atom is -0.493 e. The number of carbonyl (C=O) groups excluding carboxylic acids is 1. The van der Waals surface area contributed by atoms with Crippen molar-refractivity contribution in [1.82, 2.24) is 15.1 Å². The lowest BCUT2D eigenvalue weighted by molar-refractivity contribution is -0.142. The molecular formula is C23H20F3N5O6. The molecule has 2 heterocycles. The van der Waals surface area contributed by atoms with Crippen molar-refractivity contribution in [2.75, 3.05) is 38.1 Å². The third-order valence-electron chi connectivity index (χ3n) is 4.77. The van der Waals surface area contributed by atoms with Gasteiger partial charge < -0.3 is 28.8 Å². The Hall–Kier alpha value is -4.59. The van der Waals surface area contributed by atoms with Crippen LogP contribution in [-0.4, -0.2) is 48.6 Å². The molecule has 0 fully saturated rings. The number of methoxy groups -OCH3 is 2. The van der Waals surface area contributed by atoms with E-state index >= 15 is 0 Å². The molecule has 4 rings (SSSR count). The third-order valence-corrected chi connectivity index (χ3v) is 4.77. The largest absolute Gasteiger partial charge is 0.493 e. The zero-order valence-corrected chi connectivity index (χ0v) is 19.5. The summed E-state index contributed by atoms with van der Waals surface area (Å²) in [6.07, 6.45) is -3.37. The Morgan fingerprint density at radius 2 is 1.86 bits per heavy atom. The summed E-state index contributed by atoms with van der Waals surface area (Å²) in [5.74, 6) is 0.981. The fourth-order valence-corrected chi connectivity index (χ4v) is 3.12. The molecule has 0 unspecified atom stereocenters. The summed E-state index contributed by atoms with van der Waals surface area (Å²) in [6, 6.07) is 9.37. The van der Waals surface area contributed by atoms with Crippen LogP contribution in [0.4, 0.5) is 29.5 Å². The van der Waals surface area contributed by atoms with Crippen LogP contribution >= 0.6 is 0 Å². The first kappa shape index (κ1) is 25.5. The van der Waals surface area contributed by atoms with Crippen LogP contribution in [0.5, 0.6) is 23.1 Å². The highest BCUT2D eigenvalue weighted by Gasteiger charge is 2.35. The lowest BCUT2D eigenvalue weighted by Gasteiger charge is -2.13. The fraction of sp³-hybridized carbons (Fsp3) is 0.217. The van der Waals surface area contributed by atoms with Gasteiger partial charge in [-0.1, -0.05) is 11.2 Å². The summed E-state index contributed by atoms with van der Waals surface area (Å²) in [7, 11) is 3.07. The molecule has 14 heteroatoms. The molecule has 0 spiro atoms. The highest BCUT2D eigenvalue weighted by atomic mass is 19.4. The van der Waals surface area contributed by atoms with E-state index in [1.54, 1.807) is 37.4 Å². The van der Waals surface area contributed by atoms with Crippen LogP contribution in [0.3, 0.4) is 0 Å². The zero-order chi connectivity index (χ0) is 26.4. The number of halogens is 3. The van der Waals surface area contributed by atoms with Crippen LogP contribution in [-0.2, 0) is 10.9 Å². The molecule has 0 saturated carbocycles. The molecule has 0 saturated heterocycles. The van der Waals surface area contributed by atoms with E-state index in [2.05, 4.69) is 30.3 Å². The number of aromatic nitrogens is 3. The molecular weight excluding hydrogens is 499 g/mol. The Morgan fingerprint density at radius 3 is 2.59 bits per heavy atom. The molecule has 0 bridgehead atoms. The van der Waals surface area contributed by atoms with Crippen LogP contribution in [0, 0.1) is 0 Å². The summed E-state index contributed by atoms with van der Waals surface area (Å²) in [4.78, 5) is 20.6. The Kier molecular flexibility index (Phi) is 7.57. The van der Waals surface area contributed by atoms with E-state index < -0.39 is 23.8 Å². The Bertz CT molecular complexity index is 1400. The van der Waals surface area contributed by atoms with Gasteiger partial charge in [-0.2, -0.15) is 13.2 Å². The normalized spacial score (nSPS) is 11.3. The molecule has 2 amide bonds. The summed E-state index contributed by atoms with van der Waals surface area (Å²) in [5.41, 5.74) is -0.437. The minimum atomic E-state index is -4.70. The average molecular weight is 519 g/mol. The van der Waals surface area contributed by atoms with E-state index in [9.17, 15) is 18.0 Å². The Balaban J connectivity index is 1.49. The van der Waals surface area contributed by atoms with E-state index in [0.29, 0.717) is 47.4 Å². The van der Waals surface area contributed by atoms with Crippen molar-refractivity contribution in [3.63, 3.8) is 0 Å². The van der Waals surface area contributed by atoms with E-state index in [1.165, 1.54) is 19.5 Å². The van der Waals surface area contributed by atoms with Crippen molar-refractivity contribution in [1.29, 1.82) is 0 Å². The van der Waals surface area contributed by atoms with Gasteiger partial charge in [0.15, 0.2) is 17.2 Å². The summed E-state index contributed by atoms with van der Waals surface area (Å²) in [6.45, 7) is 0.717. The number of carbonyl (C=O) groups is 1. The highest BCUT2D eigenvalue weighted by molar-refractivity contribution is 5.99. The van der Waals surface area contributed by atoms with Crippen molar-refractivity contribution in [3.8, 4) is 23.1 Å². The number of urea groups is 1. The number of anilines is 2. The zero-order valence-electron chi connectivity index (χ0n) is 19.5. The monoisotopic (exact) mass is 519 g/mol. The van der Waals surface area contributed by atoms with E-state index in [4.69, 9.17) is 18.9 Å². The van der Waals surface area contributed by atoms with Gasteiger partial charge in [0.2, 0.25) is 11.8 Å². The van der Waals surface area contributed by atoms with Crippen LogP contribution in [0.1, 0.15) is 5.69 Å².